The second-order valence-electron chi connectivity index (χ2n) is 5.52. The van der Waals surface area contributed by atoms with Crippen molar-refractivity contribution in [2.24, 2.45) is 5.92 Å². The van der Waals surface area contributed by atoms with Crippen LogP contribution in [0.4, 0.5) is 5.82 Å². The molecule has 3 nitrogen and oxygen atoms in total. The summed E-state index contributed by atoms with van der Waals surface area (Å²) in [6, 6.07) is 6.87. The predicted molar refractivity (Wildman–Crippen MR) is 74.9 cm³/mol. The quantitative estimate of drug-likeness (QED) is 0.815. The first-order valence-corrected chi connectivity index (χ1v) is 7.01. The van der Waals surface area contributed by atoms with Gasteiger partial charge in [0, 0.05) is 18.4 Å². The fourth-order valence-electron chi connectivity index (χ4n) is 2.91. The van der Waals surface area contributed by atoms with Crippen LogP contribution in [0.25, 0.3) is 5.65 Å². The van der Waals surface area contributed by atoms with Gasteiger partial charge in [0.2, 0.25) is 0 Å². The Kier molecular flexibility index (Phi) is 3.22. The number of anilines is 1. The standard InChI is InChI=1S/C15H21N3/c1-12-4-2-5-13(9-8-12)17-15-7-3-6-14-16-10-11-18(14)15/h3,6-7,10-13,17H,2,4-5,8-9H2,1H3. The Balaban J connectivity index is 1.77. The number of aromatic nitrogens is 2. The predicted octanol–water partition coefficient (Wildman–Crippen LogP) is 3.72. The summed E-state index contributed by atoms with van der Waals surface area (Å²) >= 11 is 0. The molecule has 1 N–H and O–H groups in total. The van der Waals surface area contributed by atoms with Gasteiger partial charge in [0.05, 0.1) is 0 Å². The van der Waals surface area contributed by atoms with E-state index in [2.05, 4.69) is 33.8 Å². The van der Waals surface area contributed by atoms with Gasteiger partial charge >= 0.3 is 0 Å². The number of nitrogens with zero attached hydrogens (tertiary/aromatic N) is 2. The highest BCUT2D eigenvalue weighted by Crippen LogP contribution is 2.25. The first-order chi connectivity index (χ1) is 8.83. The minimum Gasteiger partial charge on any atom is -0.368 e. The molecule has 1 saturated carbocycles. The van der Waals surface area contributed by atoms with Gasteiger partial charge in [0.25, 0.3) is 0 Å². The molecule has 0 spiro atoms. The lowest BCUT2D eigenvalue weighted by molar-refractivity contribution is 0.501. The summed E-state index contributed by atoms with van der Waals surface area (Å²) in [5.41, 5.74) is 1.02. The molecule has 0 aromatic carbocycles. The molecule has 3 heteroatoms. The third kappa shape index (κ3) is 2.35. The van der Waals surface area contributed by atoms with Crippen molar-refractivity contribution < 1.29 is 0 Å². The largest absolute Gasteiger partial charge is 0.368 e. The van der Waals surface area contributed by atoms with E-state index < -0.39 is 0 Å². The fraction of sp³-hybridized carbons (Fsp3) is 0.533. The van der Waals surface area contributed by atoms with Crippen LogP contribution >= 0.6 is 0 Å². The van der Waals surface area contributed by atoms with E-state index in [4.69, 9.17) is 0 Å². The van der Waals surface area contributed by atoms with Crippen LogP contribution in [0, 0.1) is 5.92 Å². The van der Waals surface area contributed by atoms with E-state index in [-0.39, 0.29) is 0 Å². The van der Waals surface area contributed by atoms with Crippen LogP contribution in [0.1, 0.15) is 39.0 Å². The van der Waals surface area contributed by atoms with Gasteiger partial charge in [-0.25, -0.2) is 4.98 Å². The molecule has 2 heterocycles. The van der Waals surface area contributed by atoms with Crippen molar-refractivity contribution in [2.45, 2.75) is 45.1 Å². The highest BCUT2D eigenvalue weighted by molar-refractivity contribution is 5.50. The lowest BCUT2D eigenvalue weighted by Crippen LogP contribution is -2.20. The van der Waals surface area contributed by atoms with Gasteiger partial charge in [-0.1, -0.05) is 25.8 Å². The Morgan fingerprint density at radius 3 is 3.11 bits per heavy atom. The summed E-state index contributed by atoms with van der Waals surface area (Å²) in [6.07, 6.45) is 10.5. The van der Waals surface area contributed by atoms with Gasteiger partial charge in [-0.2, -0.15) is 0 Å². The molecule has 0 bridgehead atoms. The summed E-state index contributed by atoms with van der Waals surface area (Å²) in [5, 5.41) is 3.69. The molecular weight excluding hydrogens is 222 g/mol. The molecular formula is C15H21N3. The SMILES string of the molecule is CC1CCCC(Nc2cccc3nccn23)CC1. The number of rotatable bonds is 2. The summed E-state index contributed by atoms with van der Waals surface area (Å²) in [7, 11) is 0. The Morgan fingerprint density at radius 1 is 1.22 bits per heavy atom. The highest BCUT2D eigenvalue weighted by atomic mass is 15.1. The van der Waals surface area contributed by atoms with Gasteiger partial charge in [0.1, 0.15) is 11.5 Å². The number of hydrogen-bond donors (Lipinski definition) is 1. The molecule has 2 aromatic rings. The summed E-state index contributed by atoms with van der Waals surface area (Å²) in [6.45, 7) is 2.37. The van der Waals surface area contributed by atoms with Crippen LogP contribution in [-0.2, 0) is 0 Å². The van der Waals surface area contributed by atoms with Gasteiger partial charge in [0.15, 0.2) is 0 Å². The Hall–Kier alpha value is -1.51. The van der Waals surface area contributed by atoms with Gasteiger partial charge in [-0.15, -0.1) is 0 Å². The number of nitrogens with one attached hydrogen (secondary N) is 1. The molecule has 0 amide bonds. The maximum absolute atomic E-state index is 4.33. The second kappa shape index (κ2) is 5.01. The number of fused-ring (bicyclic) bond motifs is 1. The van der Waals surface area contributed by atoms with E-state index in [0.717, 1.165) is 11.6 Å². The first-order valence-electron chi connectivity index (χ1n) is 7.01. The summed E-state index contributed by atoms with van der Waals surface area (Å²) < 4.78 is 2.13. The van der Waals surface area contributed by atoms with Crippen molar-refractivity contribution in [3.8, 4) is 0 Å². The molecule has 3 rings (SSSR count). The maximum atomic E-state index is 4.33. The first kappa shape index (κ1) is 11.6. The zero-order chi connectivity index (χ0) is 12.4. The van der Waals surface area contributed by atoms with Crippen LogP contribution in [0.15, 0.2) is 30.6 Å². The third-order valence-corrected chi connectivity index (χ3v) is 4.04. The molecule has 96 valence electrons. The van der Waals surface area contributed by atoms with Crippen LogP contribution < -0.4 is 5.32 Å². The molecule has 18 heavy (non-hydrogen) atoms. The normalized spacial score (nSPS) is 24.9. The lowest BCUT2D eigenvalue weighted by atomic mass is 10.0. The summed E-state index contributed by atoms with van der Waals surface area (Å²) in [4.78, 5) is 4.33. The molecule has 2 aromatic heterocycles. The zero-order valence-electron chi connectivity index (χ0n) is 11.0. The number of pyridine rings is 1. The van der Waals surface area contributed by atoms with E-state index in [0.29, 0.717) is 6.04 Å². The van der Waals surface area contributed by atoms with Crippen molar-refractivity contribution in [3.05, 3.63) is 30.6 Å². The van der Waals surface area contributed by atoms with Crippen molar-refractivity contribution >= 4 is 11.5 Å². The molecule has 0 aliphatic heterocycles. The zero-order valence-corrected chi connectivity index (χ0v) is 11.0. The maximum Gasteiger partial charge on any atom is 0.138 e. The Morgan fingerprint density at radius 2 is 2.17 bits per heavy atom. The monoisotopic (exact) mass is 243 g/mol. The molecule has 2 atom stereocenters. The van der Waals surface area contributed by atoms with Crippen molar-refractivity contribution in [3.63, 3.8) is 0 Å². The Labute approximate surface area is 108 Å². The third-order valence-electron chi connectivity index (χ3n) is 4.04. The van der Waals surface area contributed by atoms with Crippen LogP contribution in [0.2, 0.25) is 0 Å². The van der Waals surface area contributed by atoms with Crippen molar-refractivity contribution in [2.75, 3.05) is 5.32 Å². The van der Waals surface area contributed by atoms with Crippen LogP contribution in [0.3, 0.4) is 0 Å². The van der Waals surface area contributed by atoms with E-state index in [1.165, 1.54) is 37.9 Å². The van der Waals surface area contributed by atoms with Gasteiger partial charge in [-0.05, 0) is 37.3 Å². The van der Waals surface area contributed by atoms with E-state index in [1.54, 1.807) is 0 Å². The van der Waals surface area contributed by atoms with Crippen molar-refractivity contribution in [1.82, 2.24) is 9.38 Å². The van der Waals surface area contributed by atoms with Gasteiger partial charge < -0.3 is 5.32 Å². The average molecular weight is 243 g/mol. The number of imidazole rings is 1. The Bertz CT molecular complexity index is 517. The fourth-order valence-corrected chi connectivity index (χ4v) is 2.91. The highest BCUT2D eigenvalue weighted by Gasteiger charge is 2.16. The topological polar surface area (TPSA) is 29.3 Å². The smallest absolute Gasteiger partial charge is 0.138 e. The van der Waals surface area contributed by atoms with E-state index in [1.807, 2.05) is 18.5 Å². The van der Waals surface area contributed by atoms with E-state index >= 15 is 0 Å². The second-order valence-corrected chi connectivity index (χ2v) is 5.52. The number of hydrogen-bond acceptors (Lipinski definition) is 2. The van der Waals surface area contributed by atoms with Crippen molar-refractivity contribution in [1.29, 1.82) is 0 Å². The molecule has 1 aliphatic carbocycles. The summed E-state index contributed by atoms with van der Waals surface area (Å²) in [5.74, 6) is 2.06. The molecule has 0 radical (unpaired) electrons. The van der Waals surface area contributed by atoms with E-state index in [9.17, 15) is 0 Å². The van der Waals surface area contributed by atoms with Crippen LogP contribution in [-0.4, -0.2) is 15.4 Å². The lowest BCUT2D eigenvalue weighted by Gasteiger charge is -2.18. The molecule has 1 fully saturated rings. The molecule has 2 unspecified atom stereocenters. The van der Waals surface area contributed by atoms with Gasteiger partial charge in [-0.3, -0.25) is 4.40 Å². The average Bonchev–Trinajstić information content (AvgIpc) is 2.76. The minimum atomic E-state index is 0.614. The minimum absolute atomic E-state index is 0.614. The molecule has 1 aliphatic rings. The van der Waals surface area contributed by atoms with Crippen LogP contribution in [0.5, 0.6) is 0 Å². The molecule has 0 saturated heterocycles.